The Morgan fingerprint density at radius 1 is 1.28 bits per heavy atom. The van der Waals surface area contributed by atoms with Crippen molar-refractivity contribution in [2.45, 2.75) is 46.5 Å². The van der Waals surface area contributed by atoms with Crippen LogP contribution in [0.1, 0.15) is 44.5 Å². The van der Waals surface area contributed by atoms with Gasteiger partial charge in [-0.25, -0.2) is 9.97 Å². The summed E-state index contributed by atoms with van der Waals surface area (Å²) in [4.78, 5) is 11.4. The van der Waals surface area contributed by atoms with Crippen LogP contribution in [0.5, 0.6) is 0 Å². The predicted octanol–water partition coefficient (Wildman–Crippen LogP) is 2.56. The highest BCUT2D eigenvalue weighted by molar-refractivity contribution is 5.56. The van der Waals surface area contributed by atoms with E-state index in [1.165, 1.54) is 12.8 Å². The summed E-state index contributed by atoms with van der Waals surface area (Å²) in [7, 11) is 0. The number of rotatable bonds is 6. The number of aryl methyl sites for hydroxylation is 1. The molecule has 4 heteroatoms. The molecule has 1 aliphatic rings. The van der Waals surface area contributed by atoms with Crippen LogP contribution in [-0.2, 0) is 6.42 Å². The number of nitrogens with two attached hydrogens (primary N) is 1. The third-order valence-electron chi connectivity index (χ3n) is 3.49. The standard InChI is InChI=1S/C14H24N4/c1-4-8-18(9-11-6-7-11)14-10(3)13(15)16-12(5-2)17-14/h11H,4-9H2,1-3H3,(H2,15,16,17). The summed E-state index contributed by atoms with van der Waals surface area (Å²) < 4.78 is 0. The van der Waals surface area contributed by atoms with Crippen LogP contribution in [0.25, 0.3) is 0 Å². The second-order valence-corrected chi connectivity index (χ2v) is 5.22. The molecule has 0 atom stereocenters. The average Bonchev–Trinajstić information content (AvgIpc) is 3.16. The molecule has 1 fully saturated rings. The minimum atomic E-state index is 0.633. The molecular formula is C14H24N4. The van der Waals surface area contributed by atoms with Crippen molar-refractivity contribution >= 4 is 11.6 Å². The van der Waals surface area contributed by atoms with Crippen LogP contribution in [0.4, 0.5) is 11.6 Å². The number of aromatic nitrogens is 2. The molecule has 0 aliphatic heterocycles. The van der Waals surface area contributed by atoms with Crippen molar-refractivity contribution < 1.29 is 0 Å². The lowest BCUT2D eigenvalue weighted by atomic mass is 10.2. The maximum Gasteiger partial charge on any atom is 0.137 e. The van der Waals surface area contributed by atoms with Gasteiger partial charge in [0.05, 0.1) is 0 Å². The molecule has 100 valence electrons. The number of nitrogens with zero attached hydrogens (tertiary/aromatic N) is 3. The van der Waals surface area contributed by atoms with Crippen molar-refractivity contribution in [3.8, 4) is 0 Å². The summed E-state index contributed by atoms with van der Waals surface area (Å²) in [5, 5.41) is 0. The molecule has 2 N–H and O–H groups in total. The summed E-state index contributed by atoms with van der Waals surface area (Å²) in [6.45, 7) is 8.48. The molecule has 0 aromatic carbocycles. The zero-order chi connectivity index (χ0) is 13.1. The lowest BCUT2D eigenvalue weighted by Gasteiger charge is -2.25. The normalized spacial score (nSPS) is 14.8. The first-order valence-electron chi connectivity index (χ1n) is 7.03. The predicted molar refractivity (Wildman–Crippen MR) is 75.8 cm³/mol. The minimum absolute atomic E-state index is 0.633. The van der Waals surface area contributed by atoms with Crippen molar-refractivity contribution in [3.63, 3.8) is 0 Å². The van der Waals surface area contributed by atoms with Gasteiger partial charge in [-0.05, 0) is 32.1 Å². The third-order valence-corrected chi connectivity index (χ3v) is 3.49. The Balaban J connectivity index is 2.28. The molecule has 1 aromatic heterocycles. The largest absolute Gasteiger partial charge is 0.383 e. The summed E-state index contributed by atoms with van der Waals surface area (Å²) in [5.74, 6) is 3.39. The third kappa shape index (κ3) is 2.92. The van der Waals surface area contributed by atoms with Gasteiger partial charge in [0.15, 0.2) is 0 Å². The van der Waals surface area contributed by atoms with Gasteiger partial charge in [-0.1, -0.05) is 13.8 Å². The van der Waals surface area contributed by atoms with Crippen molar-refractivity contribution in [1.82, 2.24) is 9.97 Å². The van der Waals surface area contributed by atoms with Gasteiger partial charge in [0.2, 0.25) is 0 Å². The van der Waals surface area contributed by atoms with Crippen LogP contribution in [0, 0.1) is 12.8 Å². The van der Waals surface area contributed by atoms with Gasteiger partial charge in [-0.3, -0.25) is 0 Å². The molecule has 0 spiro atoms. The Bertz CT molecular complexity index is 413. The van der Waals surface area contributed by atoms with Gasteiger partial charge in [0.25, 0.3) is 0 Å². The van der Waals surface area contributed by atoms with Crippen molar-refractivity contribution in [3.05, 3.63) is 11.4 Å². The highest BCUT2D eigenvalue weighted by Crippen LogP contribution is 2.32. The minimum Gasteiger partial charge on any atom is -0.383 e. The second-order valence-electron chi connectivity index (χ2n) is 5.22. The number of nitrogen functional groups attached to an aromatic ring is 1. The molecule has 0 saturated heterocycles. The second kappa shape index (κ2) is 5.55. The number of hydrogen-bond donors (Lipinski definition) is 1. The van der Waals surface area contributed by atoms with Crippen LogP contribution >= 0.6 is 0 Å². The Hall–Kier alpha value is -1.32. The molecule has 1 heterocycles. The Morgan fingerprint density at radius 3 is 2.56 bits per heavy atom. The van der Waals surface area contributed by atoms with Crippen molar-refractivity contribution in [1.29, 1.82) is 0 Å². The van der Waals surface area contributed by atoms with E-state index in [-0.39, 0.29) is 0 Å². The lowest BCUT2D eigenvalue weighted by molar-refractivity contribution is 0.692. The van der Waals surface area contributed by atoms with E-state index in [1.54, 1.807) is 0 Å². The van der Waals surface area contributed by atoms with Crippen LogP contribution in [0.2, 0.25) is 0 Å². The molecule has 1 saturated carbocycles. The fourth-order valence-electron chi connectivity index (χ4n) is 2.20. The van der Waals surface area contributed by atoms with Gasteiger partial charge in [0, 0.05) is 25.1 Å². The topological polar surface area (TPSA) is 55.0 Å². The highest BCUT2D eigenvalue weighted by Gasteiger charge is 2.26. The number of hydrogen-bond acceptors (Lipinski definition) is 4. The van der Waals surface area contributed by atoms with Crippen LogP contribution in [-0.4, -0.2) is 23.1 Å². The zero-order valence-electron chi connectivity index (χ0n) is 11.7. The van der Waals surface area contributed by atoms with Crippen LogP contribution < -0.4 is 10.6 Å². The van der Waals surface area contributed by atoms with Gasteiger partial charge >= 0.3 is 0 Å². The van der Waals surface area contributed by atoms with E-state index < -0.39 is 0 Å². The van der Waals surface area contributed by atoms with Crippen molar-refractivity contribution in [2.75, 3.05) is 23.7 Å². The lowest BCUT2D eigenvalue weighted by Crippen LogP contribution is -2.29. The molecule has 0 amide bonds. The molecule has 1 aliphatic carbocycles. The number of anilines is 2. The van der Waals surface area contributed by atoms with Crippen LogP contribution in [0.3, 0.4) is 0 Å². The fraction of sp³-hybridized carbons (Fsp3) is 0.714. The Morgan fingerprint density at radius 2 is 2.00 bits per heavy atom. The Kier molecular flexibility index (Phi) is 4.04. The monoisotopic (exact) mass is 248 g/mol. The molecule has 0 unspecified atom stereocenters. The first-order valence-corrected chi connectivity index (χ1v) is 7.03. The molecule has 4 nitrogen and oxygen atoms in total. The van der Waals surface area contributed by atoms with E-state index in [1.807, 2.05) is 6.92 Å². The maximum absolute atomic E-state index is 6.00. The molecule has 0 radical (unpaired) electrons. The smallest absolute Gasteiger partial charge is 0.137 e. The van der Waals surface area contributed by atoms with Gasteiger partial charge in [-0.2, -0.15) is 0 Å². The van der Waals surface area contributed by atoms with E-state index >= 15 is 0 Å². The van der Waals surface area contributed by atoms with Crippen molar-refractivity contribution in [2.24, 2.45) is 5.92 Å². The molecule has 1 aromatic rings. The van der Waals surface area contributed by atoms with E-state index in [0.29, 0.717) is 5.82 Å². The van der Waals surface area contributed by atoms with Crippen LogP contribution in [0.15, 0.2) is 0 Å². The van der Waals surface area contributed by atoms with E-state index in [0.717, 1.165) is 49.1 Å². The maximum atomic E-state index is 6.00. The first kappa shape index (κ1) is 13.1. The molecular weight excluding hydrogens is 224 g/mol. The fourth-order valence-corrected chi connectivity index (χ4v) is 2.20. The van der Waals surface area contributed by atoms with E-state index in [9.17, 15) is 0 Å². The summed E-state index contributed by atoms with van der Waals surface area (Å²) in [6.07, 6.45) is 4.69. The first-order chi connectivity index (χ1) is 8.65. The zero-order valence-corrected chi connectivity index (χ0v) is 11.7. The van der Waals surface area contributed by atoms with Gasteiger partial charge in [-0.15, -0.1) is 0 Å². The summed E-state index contributed by atoms with van der Waals surface area (Å²) in [5.41, 5.74) is 7.03. The summed E-state index contributed by atoms with van der Waals surface area (Å²) >= 11 is 0. The Labute approximate surface area is 110 Å². The van der Waals surface area contributed by atoms with E-state index in [4.69, 9.17) is 5.73 Å². The quantitative estimate of drug-likeness (QED) is 0.840. The van der Waals surface area contributed by atoms with Gasteiger partial charge < -0.3 is 10.6 Å². The van der Waals surface area contributed by atoms with Gasteiger partial charge in [0.1, 0.15) is 17.5 Å². The molecule has 18 heavy (non-hydrogen) atoms. The molecule has 2 rings (SSSR count). The SMILES string of the molecule is CCCN(CC1CC1)c1nc(CC)nc(N)c1C. The molecule has 0 bridgehead atoms. The highest BCUT2D eigenvalue weighted by atomic mass is 15.2. The van der Waals surface area contributed by atoms with E-state index in [2.05, 4.69) is 28.7 Å². The average molecular weight is 248 g/mol. The summed E-state index contributed by atoms with van der Waals surface area (Å²) in [6, 6.07) is 0.